The lowest BCUT2D eigenvalue weighted by Crippen LogP contribution is -1.93. The molecule has 0 heterocycles. The number of nitrogens with one attached hydrogen (secondary N) is 2. The first-order valence-electron chi connectivity index (χ1n) is 11.1. The molecular formula is C26H24N6O6S. The number of anilines is 4. The average Bonchev–Trinajstić information content (AvgIpc) is 2.92. The van der Waals surface area contributed by atoms with Gasteiger partial charge >= 0.3 is 13.5 Å². The summed E-state index contributed by atoms with van der Waals surface area (Å²) in [7, 11) is -5.17. The molecule has 0 atom stereocenters. The van der Waals surface area contributed by atoms with Crippen LogP contribution in [-0.2, 0) is 10.4 Å². The molecule has 39 heavy (non-hydrogen) atoms. The minimum Gasteiger partial charge on any atom is -0.759 e. The van der Waals surface area contributed by atoms with Gasteiger partial charge in [-0.15, -0.1) is 0 Å². The Hall–Kier alpha value is -5.21. The fraction of sp³-hybridized carbons (Fsp3) is 0.0769. The highest BCUT2D eigenvalue weighted by Gasteiger charge is 2.01. The predicted molar refractivity (Wildman–Crippen MR) is 144 cm³/mol. The molecule has 12 nitrogen and oxygen atoms in total. The molecule has 0 aliphatic carbocycles. The van der Waals surface area contributed by atoms with Crippen molar-refractivity contribution in [3.8, 4) is 11.5 Å². The van der Waals surface area contributed by atoms with Gasteiger partial charge in [0.2, 0.25) is 10.8 Å². The van der Waals surface area contributed by atoms with E-state index in [0.29, 0.717) is 11.5 Å². The summed E-state index contributed by atoms with van der Waals surface area (Å²) in [6.45, 7) is -0.121. The second-order valence-corrected chi connectivity index (χ2v) is 8.09. The van der Waals surface area contributed by atoms with Crippen molar-refractivity contribution >= 4 is 33.1 Å². The molecule has 0 saturated heterocycles. The zero-order valence-electron chi connectivity index (χ0n) is 20.5. The zero-order chi connectivity index (χ0) is 28.3. The highest BCUT2D eigenvalue weighted by molar-refractivity contribution is 7.79. The summed E-state index contributed by atoms with van der Waals surface area (Å²) in [6, 6.07) is 34.7. The van der Waals surface area contributed by atoms with Crippen LogP contribution in [0, 0.1) is 10.8 Å². The molecule has 0 aliphatic rings. The maximum Gasteiger partial charge on any atom is 0.447 e. The maximum absolute atomic E-state index is 8.52. The molecule has 0 unspecified atom stereocenters. The summed E-state index contributed by atoms with van der Waals surface area (Å²) in [4.78, 5) is 5.80. The standard InChI is InChI=1S/2C13H12N3O.H2O4S/c2*14-15-10-17-13-8-4-7-12(9-13)16-11-5-2-1-3-6-11;1-5(2,3)4/h2*1-9,16H,10H2;(H2,1,2,3,4)/q2*+1;/p-2. The number of para-hydroxylation sites is 2. The van der Waals surface area contributed by atoms with E-state index in [1.165, 1.54) is 0 Å². The fourth-order valence-corrected chi connectivity index (χ4v) is 2.91. The van der Waals surface area contributed by atoms with E-state index in [0.717, 1.165) is 22.7 Å². The molecule has 0 amide bonds. The molecule has 0 bridgehead atoms. The van der Waals surface area contributed by atoms with Crippen LogP contribution in [0.5, 0.6) is 11.5 Å². The number of nitrogens with zero attached hydrogens (tertiary/aromatic N) is 4. The van der Waals surface area contributed by atoms with Gasteiger partial charge in [-0.25, -0.2) is 0 Å². The Labute approximate surface area is 225 Å². The highest BCUT2D eigenvalue weighted by Crippen LogP contribution is 2.22. The Morgan fingerprint density at radius 1 is 0.590 bits per heavy atom. The van der Waals surface area contributed by atoms with Crippen LogP contribution in [0.25, 0.3) is 9.95 Å². The van der Waals surface area contributed by atoms with Gasteiger partial charge in [-0.1, -0.05) is 48.5 Å². The van der Waals surface area contributed by atoms with Gasteiger partial charge in [0.05, 0.1) is 0 Å². The van der Waals surface area contributed by atoms with E-state index in [9.17, 15) is 0 Å². The molecule has 0 saturated carbocycles. The van der Waals surface area contributed by atoms with Crippen LogP contribution in [0.3, 0.4) is 0 Å². The summed E-state index contributed by atoms with van der Waals surface area (Å²) in [6.07, 6.45) is 0. The van der Waals surface area contributed by atoms with Crippen molar-refractivity contribution < 1.29 is 27.0 Å². The van der Waals surface area contributed by atoms with Crippen molar-refractivity contribution in [1.29, 1.82) is 10.8 Å². The Balaban J connectivity index is 0.000000234. The molecular weight excluding hydrogens is 524 g/mol. The normalized spacial score (nSPS) is 9.64. The van der Waals surface area contributed by atoms with Gasteiger partial charge in [-0.05, 0) is 48.5 Å². The summed E-state index contributed by atoms with van der Waals surface area (Å²) in [5, 5.41) is 23.1. The van der Waals surface area contributed by atoms with E-state index in [1.54, 1.807) is 12.1 Å². The van der Waals surface area contributed by atoms with Gasteiger partial charge in [0.25, 0.3) is 0 Å². The average molecular weight is 549 g/mol. The molecule has 0 spiro atoms. The lowest BCUT2D eigenvalue weighted by molar-refractivity contribution is 0.352. The SMILES string of the molecule is N#[N+]COc1cccc(Nc2ccccc2)c1.N#[N+]COc1cccc(Nc2ccccc2)c1.O=S(=O)([O-])[O-]. The van der Waals surface area contributed by atoms with Gasteiger partial charge < -0.3 is 29.2 Å². The summed E-state index contributed by atoms with van der Waals surface area (Å²) >= 11 is 0. The first kappa shape index (κ1) is 30.0. The molecule has 0 aromatic heterocycles. The first-order valence-corrected chi connectivity index (χ1v) is 12.5. The van der Waals surface area contributed by atoms with Crippen molar-refractivity contribution in [2.24, 2.45) is 0 Å². The van der Waals surface area contributed by atoms with Gasteiger partial charge in [0.1, 0.15) is 11.5 Å². The summed E-state index contributed by atoms with van der Waals surface area (Å²) in [5.74, 6) is 1.31. The fourth-order valence-electron chi connectivity index (χ4n) is 2.91. The van der Waals surface area contributed by atoms with Crippen LogP contribution in [-0.4, -0.2) is 31.0 Å². The highest BCUT2D eigenvalue weighted by atomic mass is 32.3. The molecule has 200 valence electrons. The smallest absolute Gasteiger partial charge is 0.447 e. The minimum atomic E-state index is -5.17. The molecule has 0 radical (unpaired) electrons. The summed E-state index contributed by atoms with van der Waals surface area (Å²) < 4.78 is 44.4. The van der Waals surface area contributed by atoms with Crippen molar-refractivity contribution in [3.05, 3.63) is 119 Å². The Morgan fingerprint density at radius 3 is 1.26 bits per heavy atom. The second kappa shape index (κ2) is 16.5. The van der Waals surface area contributed by atoms with Gasteiger partial charge in [-0.3, -0.25) is 8.42 Å². The predicted octanol–water partition coefficient (Wildman–Crippen LogP) is 5.90. The van der Waals surface area contributed by atoms with Crippen LogP contribution in [0.1, 0.15) is 0 Å². The molecule has 0 fully saturated rings. The van der Waals surface area contributed by atoms with Crippen molar-refractivity contribution in [2.45, 2.75) is 0 Å². The lowest BCUT2D eigenvalue weighted by Gasteiger charge is -2.06. The van der Waals surface area contributed by atoms with Crippen LogP contribution in [0.2, 0.25) is 0 Å². The van der Waals surface area contributed by atoms with Crippen molar-refractivity contribution in [1.82, 2.24) is 0 Å². The monoisotopic (exact) mass is 548 g/mol. The number of benzene rings is 4. The third-order valence-corrected chi connectivity index (χ3v) is 4.37. The number of rotatable bonds is 8. The maximum atomic E-state index is 8.52. The van der Waals surface area contributed by atoms with Gasteiger partial charge in [-0.2, -0.15) is 0 Å². The quantitative estimate of drug-likeness (QED) is 0.153. The Bertz CT molecular complexity index is 1370. The van der Waals surface area contributed by atoms with E-state index in [2.05, 4.69) is 20.6 Å². The number of diazo groups is 2. The van der Waals surface area contributed by atoms with E-state index in [4.69, 9.17) is 37.8 Å². The third-order valence-electron chi connectivity index (χ3n) is 4.37. The van der Waals surface area contributed by atoms with Crippen LogP contribution >= 0.6 is 0 Å². The van der Waals surface area contributed by atoms with Crippen LogP contribution < -0.4 is 20.1 Å². The largest absolute Gasteiger partial charge is 0.759 e. The number of hydrogen-bond donors (Lipinski definition) is 2. The summed E-state index contributed by atoms with van der Waals surface area (Å²) in [5.41, 5.74) is 3.87. The van der Waals surface area contributed by atoms with Gasteiger partial charge in [0.15, 0.2) is 9.95 Å². The molecule has 4 aromatic rings. The molecule has 0 aliphatic heterocycles. The van der Waals surface area contributed by atoms with E-state index < -0.39 is 10.4 Å². The molecule has 13 heteroatoms. The van der Waals surface area contributed by atoms with E-state index in [1.807, 2.05) is 97.1 Å². The second-order valence-electron chi connectivity index (χ2n) is 7.28. The van der Waals surface area contributed by atoms with Crippen molar-refractivity contribution in [3.63, 3.8) is 0 Å². The third kappa shape index (κ3) is 14.2. The Morgan fingerprint density at radius 2 is 0.923 bits per heavy atom. The topological polar surface area (TPSA) is 179 Å². The van der Waals surface area contributed by atoms with E-state index >= 15 is 0 Å². The number of ether oxygens (including phenoxy) is 2. The molecule has 4 rings (SSSR count). The Kier molecular flexibility index (Phi) is 12.7. The number of hydrogen-bond acceptors (Lipinski definition) is 10. The van der Waals surface area contributed by atoms with Crippen LogP contribution in [0.4, 0.5) is 22.7 Å². The van der Waals surface area contributed by atoms with Crippen molar-refractivity contribution in [2.75, 3.05) is 24.1 Å². The zero-order valence-corrected chi connectivity index (χ0v) is 21.3. The minimum absolute atomic E-state index is 0.0607. The lowest BCUT2D eigenvalue weighted by atomic mass is 10.2. The van der Waals surface area contributed by atoms with E-state index in [-0.39, 0.29) is 13.5 Å². The van der Waals surface area contributed by atoms with Crippen LogP contribution in [0.15, 0.2) is 109 Å². The van der Waals surface area contributed by atoms with Gasteiger partial charge in [0, 0.05) is 45.3 Å². The molecule has 4 aromatic carbocycles. The first-order chi connectivity index (χ1) is 18.8. The molecule has 2 N–H and O–H groups in total.